The molecule has 0 aliphatic carbocycles. The average molecular weight is 1120 g/mol. The minimum Gasteiger partial charge on any atom is -0.368 e. The second kappa shape index (κ2) is 33.4. The largest absolute Gasteiger partial charge is 0.368 e. The van der Waals surface area contributed by atoms with Crippen LogP contribution in [-0.2, 0) is 59.2 Å². The van der Waals surface area contributed by atoms with Crippen LogP contribution in [0.3, 0.4) is 0 Å². The van der Waals surface area contributed by atoms with Crippen LogP contribution in [0.2, 0.25) is 0 Å². The number of unbranched alkanes of at least 4 members (excludes halogenated alkanes) is 2. The van der Waals surface area contributed by atoms with Crippen molar-refractivity contribution in [2.45, 2.75) is 186 Å². The Balaban J connectivity index is 2.08. The van der Waals surface area contributed by atoms with Crippen molar-refractivity contribution in [1.29, 1.82) is 0 Å². The normalized spacial score (nSPS) is 26.8. The number of nitrogens with zero attached hydrogens (tertiary/aromatic N) is 1. The summed E-state index contributed by atoms with van der Waals surface area (Å²) in [5.41, 5.74) is 12.2. The van der Waals surface area contributed by atoms with E-state index in [9.17, 15) is 52.7 Å². The van der Waals surface area contributed by atoms with Crippen molar-refractivity contribution in [1.82, 2.24) is 52.8 Å². The summed E-state index contributed by atoms with van der Waals surface area (Å²) in [5.74, 6) is -8.07. The summed E-state index contributed by atoms with van der Waals surface area (Å²) in [6.45, 7) is 13.8. The highest BCUT2D eigenvalue weighted by Crippen LogP contribution is 2.24. The minimum absolute atomic E-state index is 0.0250. The lowest BCUT2D eigenvalue weighted by Crippen LogP contribution is -2.60. The highest BCUT2D eigenvalue weighted by molar-refractivity contribution is 8.76. The van der Waals surface area contributed by atoms with Crippen LogP contribution >= 0.6 is 21.6 Å². The smallest absolute Gasteiger partial charge is 0.245 e. The summed E-state index contributed by atoms with van der Waals surface area (Å²) in [7, 11) is 2.14. The molecule has 10 atom stereocenters. The van der Waals surface area contributed by atoms with Gasteiger partial charge in [-0.05, 0) is 89.2 Å². The number of primary amides is 1. The lowest BCUT2D eigenvalue weighted by molar-refractivity contribution is -0.142. The molecular formula is C52H84N12O11S2. The fourth-order valence-corrected chi connectivity index (χ4v) is 11.0. The van der Waals surface area contributed by atoms with Crippen LogP contribution in [0.25, 0.3) is 0 Å². The number of carbonyl (C=O) groups excluding carboxylic acids is 11. The zero-order chi connectivity index (χ0) is 57.4. The molecule has 77 heavy (non-hydrogen) atoms. The van der Waals surface area contributed by atoms with Crippen molar-refractivity contribution >= 4 is 86.6 Å². The van der Waals surface area contributed by atoms with Gasteiger partial charge in [0, 0.05) is 31.4 Å². The van der Waals surface area contributed by atoms with Crippen LogP contribution in [-0.4, -0.2) is 155 Å². The number of carbonyl (C=O) groups is 11. The number of nitrogens with two attached hydrogens (primary N) is 2. The Morgan fingerprint density at radius 3 is 1.71 bits per heavy atom. The third kappa shape index (κ3) is 22.5. The van der Waals surface area contributed by atoms with Gasteiger partial charge in [-0.25, -0.2) is 0 Å². The molecule has 0 radical (unpaired) electrons. The van der Waals surface area contributed by atoms with Crippen molar-refractivity contribution < 1.29 is 52.7 Å². The van der Waals surface area contributed by atoms with Crippen LogP contribution in [0.15, 0.2) is 30.3 Å². The van der Waals surface area contributed by atoms with Gasteiger partial charge in [0.15, 0.2) is 0 Å². The molecule has 1 aromatic rings. The zero-order valence-corrected chi connectivity index (χ0v) is 47.5. The Morgan fingerprint density at radius 1 is 0.636 bits per heavy atom. The Morgan fingerprint density at radius 2 is 1.14 bits per heavy atom. The molecule has 11 amide bonds. The summed E-state index contributed by atoms with van der Waals surface area (Å²) in [5, 5.41) is 24.3. The summed E-state index contributed by atoms with van der Waals surface area (Å²) in [4.78, 5) is 153. The molecule has 0 unspecified atom stereocenters. The molecule has 2 heterocycles. The highest BCUT2D eigenvalue weighted by Gasteiger charge is 2.40. The molecule has 1 aromatic carbocycles. The molecule has 0 bridgehead atoms. The Labute approximate surface area is 460 Å². The van der Waals surface area contributed by atoms with Gasteiger partial charge in [-0.15, -0.1) is 0 Å². The van der Waals surface area contributed by atoms with E-state index in [0.29, 0.717) is 44.2 Å². The van der Waals surface area contributed by atoms with E-state index in [1.165, 1.54) is 25.7 Å². The Kier molecular flexibility index (Phi) is 28.3. The summed E-state index contributed by atoms with van der Waals surface area (Å²) in [6.07, 6.45) is 3.46. The molecule has 2 aliphatic rings. The predicted molar refractivity (Wildman–Crippen MR) is 295 cm³/mol. The van der Waals surface area contributed by atoms with E-state index < -0.39 is 125 Å². The van der Waals surface area contributed by atoms with E-state index in [-0.39, 0.29) is 68.4 Å². The van der Waals surface area contributed by atoms with Gasteiger partial charge in [-0.2, -0.15) is 0 Å². The molecule has 0 spiro atoms. The molecule has 25 heteroatoms. The number of nitrogens with one attached hydrogen (secondary N) is 9. The standard InChI is InChI=1S/C52H84N12O11S2/c1-9-10-19-36-52(75)64-23-16-21-42(64)51(74)56-31(6)44(67)55-32(7)45(68)60-39(26-34-17-12-11-13-18-34)49(72)63-40(43(54)66)27-76-77-28-41(57-33(8)65)50(73)62-38(25-30(4)5)48(71)61-37(24-29(2)3)47(70)58-35(46(69)59-36)20-14-15-22-53/h11-13,17-18,29-32,35-42H,9-10,14-16,19-28,53H2,1-8H3,(H2,54,66)(H,55,67)(H,56,74)(H,57,65)(H,58,70)(H,59,69)(H,60,68)(H,61,71)(H,62,73)(H,63,72)/t31-,32-,35-,36-,37-,38-,39-,40-,41-,42-/m0/s1. The maximum Gasteiger partial charge on any atom is 0.245 e. The summed E-state index contributed by atoms with van der Waals surface area (Å²) >= 11 is 0. The van der Waals surface area contributed by atoms with E-state index in [1.807, 2.05) is 34.6 Å². The van der Waals surface area contributed by atoms with Crippen molar-refractivity contribution in [3.63, 3.8) is 0 Å². The monoisotopic (exact) mass is 1120 g/mol. The first-order chi connectivity index (χ1) is 36.4. The van der Waals surface area contributed by atoms with E-state index in [2.05, 4.69) is 47.9 Å². The lowest BCUT2D eigenvalue weighted by Gasteiger charge is -2.31. The second-order valence-corrected chi connectivity index (χ2v) is 23.2. The maximum atomic E-state index is 14.4. The fraction of sp³-hybridized carbons (Fsp3) is 0.673. The lowest BCUT2D eigenvalue weighted by atomic mass is 9.99. The van der Waals surface area contributed by atoms with E-state index in [1.54, 1.807) is 30.3 Å². The van der Waals surface area contributed by atoms with Gasteiger partial charge in [0.25, 0.3) is 0 Å². The first kappa shape index (κ1) is 65.3. The topological polar surface area (TPSA) is 351 Å². The van der Waals surface area contributed by atoms with Crippen LogP contribution in [0.4, 0.5) is 0 Å². The van der Waals surface area contributed by atoms with Gasteiger partial charge >= 0.3 is 0 Å². The molecule has 13 N–H and O–H groups in total. The zero-order valence-electron chi connectivity index (χ0n) is 45.8. The molecule has 23 nitrogen and oxygen atoms in total. The Hall–Kier alpha value is -5.95. The number of hydrogen-bond acceptors (Lipinski definition) is 14. The van der Waals surface area contributed by atoms with Crippen molar-refractivity contribution in [3.8, 4) is 0 Å². The van der Waals surface area contributed by atoms with Crippen LogP contribution in [0.5, 0.6) is 0 Å². The third-order valence-electron chi connectivity index (χ3n) is 12.9. The average Bonchev–Trinajstić information content (AvgIpc) is 3.87. The number of rotatable bonds is 15. The van der Waals surface area contributed by atoms with Gasteiger partial charge in [0.2, 0.25) is 65.0 Å². The van der Waals surface area contributed by atoms with Crippen molar-refractivity contribution in [2.24, 2.45) is 23.3 Å². The molecule has 2 saturated heterocycles. The van der Waals surface area contributed by atoms with Crippen LogP contribution < -0.4 is 59.3 Å². The van der Waals surface area contributed by atoms with E-state index in [0.717, 1.165) is 21.6 Å². The quantitative estimate of drug-likeness (QED) is 0.0810. The molecule has 0 aromatic heterocycles. The number of hydrogen-bond donors (Lipinski definition) is 11. The molecule has 0 saturated carbocycles. The van der Waals surface area contributed by atoms with Gasteiger partial charge in [-0.3, -0.25) is 52.7 Å². The van der Waals surface area contributed by atoms with Gasteiger partial charge in [-0.1, -0.05) is 99.4 Å². The van der Waals surface area contributed by atoms with Crippen molar-refractivity contribution in [2.75, 3.05) is 24.6 Å². The summed E-state index contributed by atoms with van der Waals surface area (Å²) in [6, 6.07) is -3.07. The maximum absolute atomic E-state index is 14.4. The molecule has 3 rings (SSSR count). The van der Waals surface area contributed by atoms with Crippen LogP contribution in [0, 0.1) is 11.8 Å². The summed E-state index contributed by atoms with van der Waals surface area (Å²) < 4.78 is 0. The molecular weight excluding hydrogens is 1030 g/mol. The number of fused-ring (bicyclic) bond motifs is 1. The molecule has 2 fully saturated rings. The van der Waals surface area contributed by atoms with Gasteiger partial charge in [0.05, 0.1) is 0 Å². The SMILES string of the molecule is CCCC[C@@H]1NC(=O)[C@H](CCCCN)NC(=O)[C@H](CC(C)C)NC(=O)[C@H](CC(C)C)NC(=O)[C@@H](NC(C)=O)CSSC[C@@H](C(N)=O)NC(=O)[C@H](Cc2ccccc2)NC(=O)[C@H](C)NC(=O)[C@H](C)NC(=O)[C@@H]2CCCN2C1=O. The third-order valence-corrected chi connectivity index (χ3v) is 15.3. The second-order valence-electron chi connectivity index (χ2n) is 20.6. The van der Waals surface area contributed by atoms with Crippen LogP contribution in [0.1, 0.15) is 125 Å². The molecule has 2 aliphatic heterocycles. The first-order valence-electron chi connectivity index (χ1n) is 26.7. The predicted octanol–water partition coefficient (Wildman–Crippen LogP) is -0.0653. The first-order valence-corrected chi connectivity index (χ1v) is 29.2. The van der Waals surface area contributed by atoms with Gasteiger partial charge < -0.3 is 64.2 Å². The Bertz CT molecular complexity index is 2190. The van der Waals surface area contributed by atoms with E-state index in [4.69, 9.17) is 11.5 Å². The highest BCUT2D eigenvalue weighted by atomic mass is 33.1. The minimum atomic E-state index is -1.28. The van der Waals surface area contributed by atoms with Crippen molar-refractivity contribution in [3.05, 3.63) is 35.9 Å². The van der Waals surface area contributed by atoms with E-state index >= 15 is 0 Å². The fourth-order valence-electron chi connectivity index (χ4n) is 8.69. The number of amides is 11. The van der Waals surface area contributed by atoms with Gasteiger partial charge in [0.1, 0.15) is 60.4 Å². The molecule has 430 valence electrons. The number of benzene rings is 1.